The second kappa shape index (κ2) is 30.9. The van der Waals surface area contributed by atoms with Crippen molar-refractivity contribution in [1.29, 1.82) is 0 Å². The van der Waals surface area contributed by atoms with Crippen LogP contribution < -0.4 is 0 Å². The van der Waals surface area contributed by atoms with Crippen molar-refractivity contribution in [2.45, 2.75) is 208 Å². The fourth-order valence-electron chi connectivity index (χ4n) is 7.41. The Morgan fingerprint density at radius 2 is 0.381 bits per heavy atom. The van der Waals surface area contributed by atoms with Crippen molar-refractivity contribution >= 4 is 0 Å². The maximum absolute atomic E-state index is 2.45. The highest BCUT2D eigenvalue weighted by Gasteiger charge is 2.23. The van der Waals surface area contributed by atoms with Crippen molar-refractivity contribution in [2.24, 2.45) is 0 Å². The summed E-state index contributed by atoms with van der Waals surface area (Å²) in [6, 6.07) is 0. The van der Waals surface area contributed by atoms with Gasteiger partial charge in [0, 0.05) is 0 Å². The van der Waals surface area contributed by atoms with Gasteiger partial charge in [-0.1, -0.05) is 129 Å². The summed E-state index contributed by atoms with van der Waals surface area (Å²) in [4.78, 5) is 0. The zero-order valence-corrected chi connectivity index (χ0v) is 30.9. The third-order valence-corrected chi connectivity index (χ3v) is 11.2. The third kappa shape index (κ3) is 23.3. The second-order valence-corrected chi connectivity index (χ2v) is 14.3. The van der Waals surface area contributed by atoms with Crippen LogP contribution in [0.15, 0.2) is 0 Å². The van der Waals surface area contributed by atoms with Crippen molar-refractivity contribution in [1.82, 2.24) is 0 Å². The van der Waals surface area contributed by atoms with E-state index in [-0.39, 0.29) is 0 Å². The molecule has 0 aliphatic carbocycles. The minimum atomic E-state index is 1.33. The number of hydrogen-bond donors (Lipinski definition) is 0. The molecule has 2 heteroatoms. The maximum atomic E-state index is 2.45. The molecule has 0 heterocycles. The van der Waals surface area contributed by atoms with E-state index in [1.54, 1.807) is 0 Å². The van der Waals surface area contributed by atoms with Crippen LogP contribution in [0.3, 0.4) is 0 Å². The number of quaternary nitrogens is 2. The highest BCUT2D eigenvalue weighted by atomic mass is 15.3. The topological polar surface area (TPSA) is 0 Å². The molecule has 0 spiro atoms. The van der Waals surface area contributed by atoms with Crippen LogP contribution in [0.4, 0.5) is 0 Å². The molecule has 0 aromatic carbocycles. The van der Waals surface area contributed by atoms with Gasteiger partial charge in [-0.25, -0.2) is 0 Å². The van der Waals surface area contributed by atoms with Gasteiger partial charge in [0.05, 0.1) is 52.4 Å². The van der Waals surface area contributed by atoms with Crippen LogP contribution in [0.1, 0.15) is 208 Å². The maximum Gasteiger partial charge on any atom is 0.0786 e. The lowest BCUT2D eigenvalue weighted by Gasteiger charge is -2.37. The molecule has 254 valence electrons. The fraction of sp³-hybridized carbons (Fsp3) is 1.00. The first-order valence-corrected chi connectivity index (χ1v) is 20.3. The van der Waals surface area contributed by atoms with E-state index in [1.807, 2.05) is 0 Å². The van der Waals surface area contributed by atoms with Gasteiger partial charge < -0.3 is 8.97 Å². The van der Waals surface area contributed by atoms with Crippen LogP contribution in [0, 0.1) is 0 Å². The van der Waals surface area contributed by atoms with Crippen molar-refractivity contribution in [2.75, 3.05) is 52.4 Å². The van der Waals surface area contributed by atoms with E-state index in [9.17, 15) is 0 Å². The molecule has 0 atom stereocenters. The van der Waals surface area contributed by atoms with Crippen molar-refractivity contribution in [3.05, 3.63) is 0 Å². The summed E-state index contributed by atoms with van der Waals surface area (Å²) in [6.07, 6.45) is 37.8. The van der Waals surface area contributed by atoms with E-state index in [0.29, 0.717) is 0 Å². The molecular weight excluding hydrogens is 508 g/mol. The van der Waals surface area contributed by atoms with Gasteiger partial charge in [0.1, 0.15) is 0 Å². The predicted octanol–water partition coefficient (Wildman–Crippen LogP) is 12.9. The van der Waals surface area contributed by atoms with Gasteiger partial charge in [-0.15, -0.1) is 0 Å². The summed E-state index contributed by atoms with van der Waals surface area (Å²) in [5, 5.41) is 0. The average Bonchev–Trinajstić information content (AvgIpc) is 3.02. The summed E-state index contributed by atoms with van der Waals surface area (Å²) in [5.74, 6) is 0. The van der Waals surface area contributed by atoms with Gasteiger partial charge in [-0.2, -0.15) is 0 Å². The molecule has 0 aromatic rings. The summed E-state index contributed by atoms with van der Waals surface area (Å²) in [6.45, 7) is 25.5. The number of hydrogen-bond acceptors (Lipinski definition) is 0. The first-order chi connectivity index (χ1) is 20.6. The molecule has 0 saturated heterocycles. The quantitative estimate of drug-likeness (QED) is 0.0505. The Morgan fingerprint density at radius 3 is 0.548 bits per heavy atom. The smallest absolute Gasteiger partial charge is 0.0786 e. The standard InChI is InChI=1S/C40H86N2/c1-7-13-15-17-19-21-23-25-29-33-37-41(9-3,10-4)39-35-31-27-28-32-36-40-42(11-5,12-6)38-34-30-26-24-22-20-18-16-14-8-2/h7-40H2,1-6H3/q+2. The molecule has 0 aromatic heterocycles. The normalized spacial score (nSPS) is 12.4. The molecule has 0 N–H and O–H groups in total. The lowest BCUT2D eigenvalue weighted by molar-refractivity contribution is -0.925. The number of rotatable bonds is 35. The molecule has 0 amide bonds. The molecule has 42 heavy (non-hydrogen) atoms. The SMILES string of the molecule is CCCCCCCCCCCC[N+](CC)(CC)CCCCCCCC[N+](CC)(CC)CCCCCCCCCCCC. The number of nitrogens with zero attached hydrogens (tertiary/aromatic N) is 2. The van der Waals surface area contributed by atoms with Crippen LogP contribution in [-0.4, -0.2) is 61.3 Å². The van der Waals surface area contributed by atoms with Crippen LogP contribution in [0.5, 0.6) is 0 Å². The van der Waals surface area contributed by atoms with Gasteiger partial charge in [0.15, 0.2) is 0 Å². The van der Waals surface area contributed by atoms with Gasteiger partial charge >= 0.3 is 0 Å². The minimum absolute atomic E-state index is 1.33. The molecule has 2 nitrogen and oxygen atoms in total. The Balaban J connectivity index is 3.92. The van der Waals surface area contributed by atoms with E-state index in [0.717, 1.165) is 0 Å². The predicted molar refractivity (Wildman–Crippen MR) is 194 cm³/mol. The molecule has 0 fully saturated rings. The minimum Gasteiger partial charge on any atom is -0.324 e. The summed E-state index contributed by atoms with van der Waals surface area (Å²) >= 11 is 0. The first kappa shape index (κ1) is 41.9. The largest absolute Gasteiger partial charge is 0.324 e. The summed E-state index contributed by atoms with van der Waals surface area (Å²) < 4.78 is 2.76. The van der Waals surface area contributed by atoms with E-state index in [4.69, 9.17) is 0 Å². The monoisotopic (exact) mass is 595 g/mol. The summed E-state index contributed by atoms with van der Waals surface area (Å²) in [7, 11) is 0. The van der Waals surface area contributed by atoms with Gasteiger partial charge in [-0.05, 0) is 79.1 Å². The lowest BCUT2D eigenvalue weighted by atomic mass is 10.1. The van der Waals surface area contributed by atoms with Crippen molar-refractivity contribution < 1.29 is 8.97 Å². The Morgan fingerprint density at radius 1 is 0.214 bits per heavy atom. The Hall–Kier alpha value is -0.0800. The van der Waals surface area contributed by atoms with Crippen LogP contribution in [0.25, 0.3) is 0 Å². The van der Waals surface area contributed by atoms with E-state index in [2.05, 4.69) is 41.5 Å². The molecular formula is C40H86N2+2. The summed E-state index contributed by atoms with van der Waals surface area (Å²) in [5.41, 5.74) is 0. The molecule has 0 aliphatic heterocycles. The zero-order chi connectivity index (χ0) is 31.0. The van der Waals surface area contributed by atoms with Gasteiger partial charge in [-0.3, -0.25) is 0 Å². The third-order valence-electron chi connectivity index (χ3n) is 11.2. The lowest BCUT2D eigenvalue weighted by Crippen LogP contribution is -2.49. The van der Waals surface area contributed by atoms with Crippen molar-refractivity contribution in [3.63, 3.8) is 0 Å². The van der Waals surface area contributed by atoms with E-state index < -0.39 is 0 Å². The van der Waals surface area contributed by atoms with Crippen LogP contribution in [0.2, 0.25) is 0 Å². The van der Waals surface area contributed by atoms with Crippen LogP contribution >= 0.6 is 0 Å². The molecule has 0 aliphatic rings. The molecule has 0 saturated carbocycles. The van der Waals surface area contributed by atoms with Crippen molar-refractivity contribution in [3.8, 4) is 0 Å². The molecule has 0 radical (unpaired) electrons. The fourth-order valence-corrected chi connectivity index (χ4v) is 7.41. The zero-order valence-electron chi connectivity index (χ0n) is 30.9. The Kier molecular flexibility index (Phi) is 30.9. The molecule has 0 bridgehead atoms. The van der Waals surface area contributed by atoms with E-state index >= 15 is 0 Å². The Labute approximate surface area is 269 Å². The second-order valence-electron chi connectivity index (χ2n) is 14.3. The van der Waals surface area contributed by atoms with Crippen LogP contribution in [-0.2, 0) is 0 Å². The Bertz CT molecular complexity index is 462. The molecule has 0 rings (SSSR count). The van der Waals surface area contributed by atoms with Gasteiger partial charge in [0.25, 0.3) is 0 Å². The average molecular weight is 595 g/mol. The number of unbranched alkanes of at least 4 members (excludes halogenated alkanes) is 23. The first-order valence-electron chi connectivity index (χ1n) is 20.3. The highest BCUT2D eigenvalue weighted by molar-refractivity contribution is 4.53. The van der Waals surface area contributed by atoms with Gasteiger partial charge in [0.2, 0.25) is 0 Å². The van der Waals surface area contributed by atoms with E-state index in [1.165, 1.54) is 228 Å². The molecule has 0 unspecified atom stereocenters. The highest BCUT2D eigenvalue weighted by Crippen LogP contribution is 2.18.